The minimum absolute atomic E-state index is 0.338. The van der Waals surface area contributed by atoms with Crippen LogP contribution in [-0.4, -0.2) is 29.4 Å². The van der Waals surface area contributed by atoms with Crippen molar-refractivity contribution in [1.82, 2.24) is 0 Å². The zero-order chi connectivity index (χ0) is 13.3. The second kappa shape index (κ2) is 8.89. The number of rotatable bonds is 10. The van der Waals surface area contributed by atoms with E-state index < -0.39 is 21.5 Å². The molecular weight excluding hydrogens is 240 g/mol. The lowest BCUT2D eigenvalue weighted by Gasteiger charge is -2.14. The van der Waals surface area contributed by atoms with Crippen molar-refractivity contribution in [3.05, 3.63) is 0 Å². The van der Waals surface area contributed by atoms with Crippen LogP contribution >= 0.6 is 0 Å². The van der Waals surface area contributed by atoms with Gasteiger partial charge in [0, 0.05) is 0 Å². The molecule has 0 aliphatic rings. The molecule has 0 aromatic rings. The van der Waals surface area contributed by atoms with Crippen molar-refractivity contribution in [2.24, 2.45) is 0 Å². The zero-order valence-corrected chi connectivity index (χ0v) is 11.7. The van der Waals surface area contributed by atoms with Gasteiger partial charge >= 0.3 is 0 Å². The van der Waals surface area contributed by atoms with E-state index in [1.165, 1.54) is 6.42 Å². The molecule has 104 valence electrons. The predicted octanol–water partition coefficient (Wildman–Crippen LogP) is 2.76. The summed E-state index contributed by atoms with van der Waals surface area (Å²) in [5.41, 5.74) is 0. The maximum atomic E-state index is 10.9. The first-order chi connectivity index (χ1) is 7.91. The van der Waals surface area contributed by atoms with Gasteiger partial charge < -0.3 is 5.11 Å². The van der Waals surface area contributed by atoms with Crippen molar-refractivity contribution >= 4 is 10.1 Å². The summed E-state index contributed by atoms with van der Waals surface area (Å²) in [4.78, 5) is 0. The van der Waals surface area contributed by atoms with Crippen LogP contribution in [0.2, 0.25) is 0 Å². The molecule has 0 rings (SSSR count). The Kier molecular flexibility index (Phi) is 8.82. The standard InChI is InChI=1S/C12H26O4S/c1-3-5-6-7-8-11(13)9-10-12(4-2)17(14,15)16/h11-13H,3-10H2,1-2H3,(H,14,15,16). The Morgan fingerprint density at radius 1 is 1.00 bits per heavy atom. The van der Waals surface area contributed by atoms with Crippen LogP contribution in [0.5, 0.6) is 0 Å². The van der Waals surface area contributed by atoms with Gasteiger partial charge in [0.25, 0.3) is 10.1 Å². The van der Waals surface area contributed by atoms with Gasteiger partial charge in [-0.1, -0.05) is 39.5 Å². The molecule has 0 fully saturated rings. The molecule has 0 aromatic carbocycles. The third-order valence-corrected chi connectivity index (χ3v) is 4.50. The van der Waals surface area contributed by atoms with Crippen molar-refractivity contribution in [2.45, 2.75) is 76.6 Å². The third-order valence-electron chi connectivity index (χ3n) is 3.09. The molecular formula is C12H26O4S. The highest BCUT2D eigenvalue weighted by molar-refractivity contribution is 7.86. The average Bonchev–Trinajstić information content (AvgIpc) is 2.23. The van der Waals surface area contributed by atoms with Gasteiger partial charge in [0.1, 0.15) is 0 Å². The van der Waals surface area contributed by atoms with Crippen molar-refractivity contribution in [2.75, 3.05) is 0 Å². The first kappa shape index (κ1) is 16.9. The van der Waals surface area contributed by atoms with E-state index in [1.54, 1.807) is 6.92 Å². The van der Waals surface area contributed by atoms with Gasteiger partial charge in [-0.25, -0.2) is 0 Å². The van der Waals surface area contributed by atoms with Gasteiger partial charge in [-0.15, -0.1) is 0 Å². The smallest absolute Gasteiger partial charge is 0.267 e. The number of hydrogen-bond acceptors (Lipinski definition) is 3. The number of hydrogen-bond donors (Lipinski definition) is 2. The van der Waals surface area contributed by atoms with Gasteiger partial charge in [0.05, 0.1) is 11.4 Å². The highest BCUT2D eigenvalue weighted by Crippen LogP contribution is 2.15. The van der Waals surface area contributed by atoms with E-state index in [9.17, 15) is 13.5 Å². The van der Waals surface area contributed by atoms with Crippen LogP contribution in [-0.2, 0) is 10.1 Å². The summed E-state index contributed by atoms with van der Waals surface area (Å²) < 4.78 is 30.8. The first-order valence-electron chi connectivity index (χ1n) is 6.56. The van der Waals surface area contributed by atoms with Gasteiger partial charge in [-0.05, 0) is 25.7 Å². The zero-order valence-electron chi connectivity index (χ0n) is 10.9. The van der Waals surface area contributed by atoms with E-state index in [2.05, 4.69) is 6.92 Å². The fourth-order valence-corrected chi connectivity index (χ4v) is 2.75. The minimum Gasteiger partial charge on any atom is -0.393 e. The molecule has 0 heterocycles. The van der Waals surface area contributed by atoms with E-state index in [0.29, 0.717) is 19.3 Å². The maximum Gasteiger partial charge on any atom is 0.267 e. The molecule has 0 spiro atoms. The maximum absolute atomic E-state index is 10.9. The van der Waals surface area contributed by atoms with Crippen LogP contribution in [0.15, 0.2) is 0 Å². The minimum atomic E-state index is -3.95. The van der Waals surface area contributed by atoms with E-state index in [1.807, 2.05) is 0 Å². The Balaban J connectivity index is 3.78. The van der Waals surface area contributed by atoms with Crippen molar-refractivity contribution in [1.29, 1.82) is 0 Å². The number of aliphatic hydroxyl groups is 1. The topological polar surface area (TPSA) is 74.6 Å². The van der Waals surface area contributed by atoms with Crippen molar-refractivity contribution in [3.8, 4) is 0 Å². The summed E-state index contributed by atoms with van der Waals surface area (Å²) >= 11 is 0. The molecule has 0 bridgehead atoms. The van der Waals surface area contributed by atoms with Crippen LogP contribution in [0.4, 0.5) is 0 Å². The van der Waals surface area contributed by atoms with Gasteiger partial charge in [-0.2, -0.15) is 8.42 Å². The largest absolute Gasteiger partial charge is 0.393 e. The lowest BCUT2D eigenvalue weighted by molar-refractivity contribution is 0.147. The van der Waals surface area contributed by atoms with Crippen LogP contribution in [0.1, 0.15) is 65.2 Å². The number of aliphatic hydroxyl groups excluding tert-OH is 1. The highest BCUT2D eigenvalue weighted by Gasteiger charge is 2.21. The summed E-state index contributed by atoms with van der Waals surface area (Å²) in [7, 11) is -3.95. The van der Waals surface area contributed by atoms with E-state index >= 15 is 0 Å². The Bertz CT molecular complexity index is 274. The second-order valence-corrected chi connectivity index (χ2v) is 6.32. The Hall–Kier alpha value is -0.130. The van der Waals surface area contributed by atoms with Gasteiger partial charge in [0.2, 0.25) is 0 Å². The predicted molar refractivity (Wildman–Crippen MR) is 69.6 cm³/mol. The SMILES string of the molecule is CCCCCCC(O)CCC(CC)S(=O)(=O)O. The molecule has 0 saturated heterocycles. The fraction of sp³-hybridized carbons (Fsp3) is 1.00. The molecule has 0 aliphatic heterocycles. The second-order valence-electron chi connectivity index (χ2n) is 4.63. The van der Waals surface area contributed by atoms with E-state index in [4.69, 9.17) is 4.55 Å². The van der Waals surface area contributed by atoms with Crippen LogP contribution in [0.3, 0.4) is 0 Å². The average molecular weight is 266 g/mol. The molecule has 0 radical (unpaired) electrons. The van der Waals surface area contributed by atoms with Crippen molar-refractivity contribution < 1.29 is 18.1 Å². The summed E-state index contributed by atoms with van der Waals surface area (Å²) in [5, 5.41) is 8.95. The normalized spacial score (nSPS) is 15.8. The summed E-state index contributed by atoms with van der Waals surface area (Å²) in [5.74, 6) is 0. The Morgan fingerprint density at radius 3 is 2.12 bits per heavy atom. The lowest BCUT2D eigenvalue weighted by atomic mass is 10.0. The van der Waals surface area contributed by atoms with E-state index in [-0.39, 0.29) is 0 Å². The number of unbranched alkanes of at least 4 members (excludes halogenated alkanes) is 3. The summed E-state index contributed by atoms with van der Waals surface area (Å²) in [6.45, 7) is 3.86. The summed E-state index contributed by atoms with van der Waals surface area (Å²) in [6, 6.07) is 0. The Labute approximate surface area is 105 Å². The molecule has 17 heavy (non-hydrogen) atoms. The molecule has 0 amide bonds. The molecule has 2 unspecified atom stereocenters. The molecule has 4 nitrogen and oxygen atoms in total. The van der Waals surface area contributed by atoms with E-state index in [0.717, 1.165) is 25.7 Å². The molecule has 0 saturated carbocycles. The van der Waals surface area contributed by atoms with Gasteiger partial charge in [-0.3, -0.25) is 4.55 Å². The fourth-order valence-electron chi connectivity index (χ4n) is 1.89. The monoisotopic (exact) mass is 266 g/mol. The first-order valence-corrected chi connectivity index (χ1v) is 8.06. The van der Waals surface area contributed by atoms with Crippen LogP contribution in [0, 0.1) is 0 Å². The molecule has 5 heteroatoms. The highest BCUT2D eigenvalue weighted by atomic mass is 32.2. The molecule has 2 N–H and O–H groups in total. The van der Waals surface area contributed by atoms with Crippen LogP contribution < -0.4 is 0 Å². The van der Waals surface area contributed by atoms with Crippen molar-refractivity contribution in [3.63, 3.8) is 0 Å². The lowest BCUT2D eigenvalue weighted by Crippen LogP contribution is -2.21. The Morgan fingerprint density at radius 2 is 1.65 bits per heavy atom. The quantitative estimate of drug-likeness (QED) is 0.471. The molecule has 0 aliphatic carbocycles. The van der Waals surface area contributed by atoms with Crippen LogP contribution in [0.25, 0.3) is 0 Å². The third kappa shape index (κ3) is 8.57. The summed E-state index contributed by atoms with van der Waals surface area (Å²) in [6.07, 6.45) is 5.90. The molecule has 0 aromatic heterocycles. The van der Waals surface area contributed by atoms with Gasteiger partial charge in [0.15, 0.2) is 0 Å². The molecule has 2 atom stereocenters.